The molecule has 1 N–H and O–H groups in total. The predicted molar refractivity (Wildman–Crippen MR) is 152 cm³/mol. The lowest BCUT2D eigenvalue weighted by Gasteiger charge is -2.35. The van der Waals surface area contributed by atoms with E-state index < -0.39 is 22.0 Å². The molecule has 0 saturated carbocycles. The number of methoxy groups -OCH3 is 2. The molecule has 2 atom stereocenters. The lowest BCUT2D eigenvalue weighted by atomic mass is 9.93. The van der Waals surface area contributed by atoms with Crippen molar-refractivity contribution in [2.75, 3.05) is 25.1 Å². The Morgan fingerprint density at radius 2 is 1.72 bits per heavy atom. The van der Waals surface area contributed by atoms with E-state index in [9.17, 15) is 13.2 Å². The monoisotopic (exact) mass is 572 g/mol. The first-order valence-electron chi connectivity index (χ1n) is 12.6. The minimum Gasteiger partial charge on any atom is -0.497 e. The number of ether oxygens (including phenoxy) is 3. The van der Waals surface area contributed by atoms with Crippen LogP contribution in [-0.2, 0) is 14.8 Å². The van der Waals surface area contributed by atoms with E-state index in [1.807, 2.05) is 26.0 Å². The van der Waals surface area contributed by atoms with Crippen LogP contribution < -0.4 is 23.8 Å². The van der Waals surface area contributed by atoms with Gasteiger partial charge >= 0.3 is 0 Å². The molecule has 3 aromatic rings. The number of nitrogens with zero attached hydrogens (tertiary/aromatic N) is 1. The normalized spacial score (nSPS) is 15.8. The van der Waals surface area contributed by atoms with E-state index in [4.69, 9.17) is 25.8 Å². The zero-order valence-corrected chi connectivity index (χ0v) is 24.4. The third-order valence-corrected chi connectivity index (χ3v) is 8.83. The number of anilines is 1. The van der Waals surface area contributed by atoms with Gasteiger partial charge in [0.15, 0.2) is 6.10 Å². The van der Waals surface area contributed by atoms with Crippen LogP contribution in [0.3, 0.4) is 0 Å². The highest BCUT2D eigenvalue weighted by Crippen LogP contribution is 2.39. The van der Waals surface area contributed by atoms with Gasteiger partial charge in [-0.2, -0.15) is 0 Å². The van der Waals surface area contributed by atoms with Gasteiger partial charge in [-0.25, -0.2) is 8.42 Å². The predicted octanol–water partition coefficient (Wildman–Crippen LogP) is 5.62. The smallest absolute Gasteiger partial charge is 0.264 e. The number of sulfonamides is 1. The Labute approximate surface area is 234 Å². The quantitative estimate of drug-likeness (QED) is 0.376. The van der Waals surface area contributed by atoms with Gasteiger partial charge < -0.3 is 19.5 Å². The minimum atomic E-state index is -4.05. The van der Waals surface area contributed by atoms with Crippen LogP contribution in [-0.4, -0.2) is 41.2 Å². The number of hydrogen-bond donors (Lipinski definition) is 1. The number of hydrogen-bond acceptors (Lipinski definition) is 6. The molecule has 0 unspecified atom stereocenters. The van der Waals surface area contributed by atoms with Crippen LogP contribution in [0.1, 0.15) is 49.4 Å². The van der Waals surface area contributed by atoms with E-state index in [2.05, 4.69) is 19.2 Å². The van der Waals surface area contributed by atoms with Crippen molar-refractivity contribution in [1.29, 1.82) is 0 Å². The second-order valence-corrected chi connectivity index (χ2v) is 12.1. The maximum absolute atomic E-state index is 13.7. The molecule has 0 aromatic heterocycles. The van der Waals surface area contributed by atoms with Gasteiger partial charge in [0.25, 0.3) is 15.9 Å². The second kappa shape index (κ2) is 11.4. The summed E-state index contributed by atoms with van der Waals surface area (Å²) in [7, 11) is -0.902. The number of nitrogens with one attached hydrogen (secondary N) is 1. The Bertz CT molecular complexity index is 1470. The fraction of sp³-hybridized carbons (Fsp3) is 0.345. The van der Waals surface area contributed by atoms with E-state index in [1.54, 1.807) is 31.4 Å². The summed E-state index contributed by atoms with van der Waals surface area (Å²) >= 11 is 6.20. The van der Waals surface area contributed by atoms with Crippen molar-refractivity contribution in [3.63, 3.8) is 0 Å². The molecule has 8 nitrogen and oxygen atoms in total. The number of carbonyl (C=O) groups excluding carboxylic acids is 1. The summed E-state index contributed by atoms with van der Waals surface area (Å²) in [5.74, 6) is 1.37. The molecule has 1 aliphatic rings. The fourth-order valence-electron chi connectivity index (χ4n) is 4.66. The Balaban J connectivity index is 1.64. The Kier molecular flexibility index (Phi) is 8.32. The van der Waals surface area contributed by atoms with E-state index in [0.717, 1.165) is 22.4 Å². The Hall–Kier alpha value is -3.43. The van der Waals surface area contributed by atoms with Crippen LogP contribution in [0.4, 0.5) is 5.69 Å². The highest BCUT2D eigenvalue weighted by atomic mass is 35.5. The van der Waals surface area contributed by atoms with Crippen LogP contribution in [0.2, 0.25) is 5.02 Å². The maximum atomic E-state index is 13.7. The van der Waals surface area contributed by atoms with E-state index in [0.29, 0.717) is 10.8 Å². The van der Waals surface area contributed by atoms with Gasteiger partial charge in [-0.15, -0.1) is 0 Å². The highest BCUT2D eigenvalue weighted by molar-refractivity contribution is 7.92. The Morgan fingerprint density at radius 3 is 2.33 bits per heavy atom. The van der Waals surface area contributed by atoms with Crippen LogP contribution in [0, 0.1) is 6.92 Å². The average molecular weight is 573 g/mol. The molecule has 0 aliphatic carbocycles. The lowest BCUT2D eigenvalue weighted by Crippen LogP contribution is -2.51. The van der Waals surface area contributed by atoms with Crippen molar-refractivity contribution in [2.45, 2.75) is 50.7 Å². The van der Waals surface area contributed by atoms with Crippen molar-refractivity contribution in [3.05, 3.63) is 76.3 Å². The fourth-order valence-corrected chi connectivity index (χ4v) is 6.29. The molecule has 1 heterocycles. The largest absolute Gasteiger partial charge is 0.497 e. The lowest BCUT2D eigenvalue weighted by molar-refractivity contribution is -0.128. The molecule has 0 saturated heterocycles. The van der Waals surface area contributed by atoms with Gasteiger partial charge in [0.1, 0.15) is 17.2 Å². The molecule has 1 amide bonds. The van der Waals surface area contributed by atoms with Crippen molar-refractivity contribution in [2.24, 2.45) is 0 Å². The third-order valence-electron chi connectivity index (χ3n) is 6.80. The molecule has 4 rings (SSSR count). The van der Waals surface area contributed by atoms with E-state index in [-0.39, 0.29) is 34.8 Å². The first kappa shape index (κ1) is 28.6. The number of aryl methyl sites for hydroxylation is 1. The van der Waals surface area contributed by atoms with Crippen molar-refractivity contribution in [1.82, 2.24) is 5.32 Å². The van der Waals surface area contributed by atoms with Crippen molar-refractivity contribution >= 4 is 33.2 Å². The van der Waals surface area contributed by atoms with Crippen LogP contribution in [0.5, 0.6) is 17.2 Å². The zero-order valence-electron chi connectivity index (χ0n) is 22.8. The molecule has 0 radical (unpaired) electrons. The van der Waals surface area contributed by atoms with Crippen LogP contribution in [0.15, 0.2) is 59.5 Å². The summed E-state index contributed by atoms with van der Waals surface area (Å²) in [6.45, 7) is 7.79. The van der Waals surface area contributed by atoms with E-state index in [1.165, 1.54) is 29.6 Å². The van der Waals surface area contributed by atoms with Crippen LogP contribution >= 0.6 is 11.6 Å². The molecular weight excluding hydrogens is 540 g/mol. The summed E-state index contributed by atoms with van der Waals surface area (Å²) < 4.78 is 45.3. The SMILES string of the molecule is COc1ccc(S(=O)(=O)N2C[C@H](C(=O)N[C@H](C)c3cc(C(C)C)c(OC)cc3C)Oc3ccc(Cl)cc32)cc1. The maximum Gasteiger partial charge on any atom is 0.264 e. The summed E-state index contributed by atoms with van der Waals surface area (Å²) in [6, 6.07) is 14.4. The van der Waals surface area contributed by atoms with Crippen molar-refractivity contribution in [3.8, 4) is 17.2 Å². The number of amides is 1. The molecule has 3 aromatic carbocycles. The summed E-state index contributed by atoms with van der Waals surface area (Å²) in [5, 5.41) is 3.36. The van der Waals surface area contributed by atoms with Crippen molar-refractivity contribution < 1.29 is 27.4 Å². The second-order valence-electron chi connectivity index (χ2n) is 9.77. The topological polar surface area (TPSA) is 94.2 Å². The highest BCUT2D eigenvalue weighted by Gasteiger charge is 2.38. The number of rotatable bonds is 8. The van der Waals surface area contributed by atoms with Gasteiger partial charge in [-0.3, -0.25) is 9.10 Å². The first-order chi connectivity index (χ1) is 18.5. The van der Waals surface area contributed by atoms with Crippen LogP contribution in [0.25, 0.3) is 0 Å². The molecule has 208 valence electrons. The number of carbonyl (C=O) groups is 1. The van der Waals surface area contributed by atoms with Gasteiger partial charge in [-0.05, 0) is 91.1 Å². The average Bonchev–Trinajstić information content (AvgIpc) is 2.91. The molecule has 0 fully saturated rings. The van der Waals surface area contributed by atoms with Gasteiger partial charge in [0, 0.05) is 5.02 Å². The van der Waals surface area contributed by atoms with E-state index >= 15 is 0 Å². The number of fused-ring (bicyclic) bond motifs is 1. The number of halogens is 1. The molecule has 39 heavy (non-hydrogen) atoms. The molecule has 10 heteroatoms. The number of benzene rings is 3. The Morgan fingerprint density at radius 1 is 1.03 bits per heavy atom. The third kappa shape index (κ3) is 5.79. The first-order valence-corrected chi connectivity index (χ1v) is 14.4. The molecule has 1 aliphatic heterocycles. The van der Waals surface area contributed by atoms with Gasteiger partial charge in [-0.1, -0.05) is 25.4 Å². The zero-order chi connectivity index (χ0) is 28.5. The molecular formula is C29H33ClN2O6S. The van der Waals surface area contributed by atoms with Gasteiger partial charge in [0.2, 0.25) is 0 Å². The summed E-state index contributed by atoms with van der Waals surface area (Å²) in [4.78, 5) is 13.5. The summed E-state index contributed by atoms with van der Waals surface area (Å²) in [5.41, 5.74) is 3.22. The standard InChI is InChI=1S/C29H33ClN2O6S/c1-17(2)23-15-24(18(3)13-27(23)37-6)19(4)31-29(33)28-16-32(25-14-20(30)7-12-26(25)38-28)39(34,35)22-10-8-21(36-5)9-11-22/h7-15,17,19,28H,16H2,1-6H3,(H,31,33)/t19-,28-/m1/s1. The minimum absolute atomic E-state index is 0.0544. The summed E-state index contributed by atoms with van der Waals surface area (Å²) in [6.07, 6.45) is -1.09. The van der Waals surface area contributed by atoms with Gasteiger partial charge in [0.05, 0.1) is 37.4 Å². The molecule has 0 spiro atoms. The molecule has 0 bridgehead atoms.